The molecule has 3 aromatic rings. The third-order valence-corrected chi connectivity index (χ3v) is 4.77. The van der Waals surface area contributed by atoms with Crippen molar-refractivity contribution in [1.29, 1.82) is 0 Å². The van der Waals surface area contributed by atoms with Crippen LogP contribution in [0.25, 0.3) is 21.8 Å². The molecule has 122 valence electrons. The van der Waals surface area contributed by atoms with Crippen molar-refractivity contribution in [2.24, 2.45) is 7.05 Å². The van der Waals surface area contributed by atoms with Crippen molar-refractivity contribution in [2.75, 3.05) is 27.2 Å². The molecule has 2 aromatic carbocycles. The number of para-hydroxylation sites is 1. The molecule has 0 N–H and O–H groups in total. The van der Waals surface area contributed by atoms with Crippen LogP contribution in [0, 0.1) is 0 Å². The van der Waals surface area contributed by atoms with Crippen LogP contribution >= 0.6 is 0 Å². The van der Waals surface area contributed by atoms with Gasteiger partial charge in [-0.15, -0.1) is 0 Å². The summed E-state index contributed by atoms with van der Waals surface area (Å²) in [4.78, 5) is 28.9. The molecule has 0 saturated heterocycles. The zero-order valence-corrected chi connectivity index (χ0v) is 14.0. The second-order valence-corrected chi connectivity index (χ2v) is 6.53. The fraction of sp³-hybridized carbons (Fsp3) is 0.263. The monoisotopic (exact) mass is 321 g/mol. The number of rotatable bonds is 3. The Hall–Kier alpha value is -2.66. The van der Waals surface area contributed by atoms with E-state index in [2.05, 4.69) is 6.07 Å². The first-order valence-corrected chi connectivity index (χ1v) is 8.01. The number of carbonyl (C=O) groups is 2. The zero-order valence-electron chi connectivity index (χ0n) is 14.0. The summed E-state index contributed by atoms with van der Waals surface area (Å²) in [5.41, 5.74) is 2.96. The number of imide groups is 1. The van der Waals surface area contributed by atoms with Gasteiger partial charge in [0, 0.05) is 36.4 Å². The molecule has 0 saturated carbocycles. The Kier molecular flexibility index (Phi) is 3.21. The first-order valence-electron chi connectivity index (χ1n) is 8.01. The molecule has 2 amide bonds. The van der Waals surface area contributed by atoms with Crippen LogP contribution in [-0.4, -0.2) is 53.4 Å². The number of hydrogen-bond donors (Lipinski definition) is 0. The first-order chi connectivity index (χ1) is 11.5. The molecule has 4 rings (SSSR count). The lowest BCUT2D eigenvalue weighted by atomic mass is 10.0. The van der Waals surface area contributed by atoms with E-state index in [4.69, 9.17) is 0 Å². The summed E-state index contributed by atoms with van der Waals surface area (Å²) < 4.78 is 2.02. The van der Waals surface area contributed by atoms with Crippen molar-refractivity contribution in [3.8, 4) is 0 Å². The van der Waals surface area contributed by atoms with Crippen molar-refractivity contribution in [2.45, 2.75) is 0 Å². The maximum absolute atomic E-state index is 12.9. The topological polar surface area (TPSA) is 45.5 Å². The quantitative estimate of drug-likeness (QED) is 0.696. The fourth-order valence-corrected chi connectivity index (χ4v) is 3.54. The third-order valence-electron chi connectivity index (χ3n) is 4.77. The highest BCUT2D eigenvalue weighted by atomic mass is 16.2. The van der Waals surface area contributed by atoms with Crippen LogP contribution in [0.4, 0.5) is 0 Å². The summed E-state index contributed by atoms with van der Waals surface area (Å²) in [7, 11) is 5.81. The Morgan fingerprint density at radius 2 is 1.71 bits per heavy atom. The van der Waals surface area contributed by atoms with Crippen LogP contribution < -0.4 is 0 Å². The number of nitrogens with zero attached hydrogens (tertiary/aromatic N) is 3. The highest BCUT2D eigenvalue weighted by Gasteiger charge is 2.37. The van der Waals surface area contributed by atoms with Gasteiger partial charge in [-0.1, -0.05) is 24.3 Å². The lowest BCUT2D eigenvalue weighted by Gasteiger charge is -2.16. The summed E-state index contributed by atoms with van der Waals surface area (Å²) in [5.74, 6) is -0.377. The second-order valence-electron chi connectivity index (χ2n) is 6.53. The van der Waals surface area contributed by atoms with Crippen LogP contribution in [0.5, 0.6) is 0 Å². The summed E-state index contributed by atoms with van der Waals surface area (Å²) in [6.45, 7) is 1.06. The fourth-order valence-electron chi connectivity index (χ4n) is 3.54. The van der Waals surface area contributed by atoms with E-state index in [0.29, 0.717) is 24.2 Å². The molecule has 0 atom stereocenters. The Bertz CT molecular complexity index is 1000. The van der Waals surface area contributed by atoms with Crippen LogP contribution in [0.3, 0.4) is 0 Å². The Morgan fingerprint density at radius 3 is 2.46 bits per heavy atom. The largest absolute Gasteiger partial charge is 0.343 e. The lowest BCUT2D eigenvalue weighted by molar-refractivity contribution is 0.0645. The highest BCUT2D eigenvalue weighted by molar-refractivity contribution is 6.28. The van der Waals surface area contributed by atoms with E-state index in [1.807, 2.05) is 54.9 Å². The molecule has 2 heterocycles. The van der Waals surface area contributed by atoms with E-state index in [0.717, 1.165) is 21.8 Å². The van der Waals surface area contributed by atoms with Gasteiger partial charge in [0.05, 0.1) is 16.6 Å². The Morgan fingerprint density at radius 1 is 0.958 bits per heavy atom. The van der Waals surface area contributed by atoms with Crippen LogP contribution in [0.2, 0.25) is 0 Å². The minimum absolute atomic E-state index is 0.187. The van der Waals surface area contributed by atoms with Crippen LogP contribution in [-0.2, 0) is 7.05 Å². The van der Waals surface area contributed by atoms with Gasteiger partial charge in [0.25, 0.3) is 11.8 Å². The van der Waals surface area contributed by atoms with Crippen molar-refractivity contribution < 1.29 is 9.59 Å². The van der Waals surface area contributed by atoms with Gasteiger partial charge in [-0.2, -0.15) is 0 Å². The number of hydrogen-bond acceptors (Lipinski definition) is 3. The molecular weight excluding hydrogens is 302 g/mol. The predicted octanol–water partition coefficient (Wildman–Crippen LogP) is 2.49. The summed E-state index contributed by atoms with van der Waals surface area (Å²) >= 11 is 0. The van der Waals surface area contributed by atoms with Gasteiger partial charge in [0.15, 0.2) is 0 Å². The van der Waals surface area contributed by atoms with Gasteiger partial charge in [0.2, 0.25) is 0 Å². The number of carbonyl (C=O) groups excluding carboxylic acids is 2. The number of likely N-dealkylation sites (N-methyl/N-ethyl adjacent to an activating group) is 1. The molecule has 0 aliphatic carbocycles. The minimum atomic E-state index is -0.191. The van der Waals surface area contributed by atoms with Gasteiger partial charge in [0.1, 0.15) is 0 Å². The number of aryl methyl sites for hydroxylation is 1. The molecule has 5 nitrogen and oxygen atoms in total. The van der Waals surface area contributed by atoms with Crippen LogP contribution in [0.1, 0.15) is 20.7 Å². The molecule has 1 aliphatic rings. The molecule has 0 fully saturated rings. The van der Waals surface area contributed by atoms with Gasteiger partial charge in [-0.05, 0) is 26.2 Å². The summed E-state index contributed by atoms with van der Waals surface area (Å²) in [6.07, 6.45) is 0. The van der Waals surface area contributed by atoms with Crippen molar-refractivity contribution >= 4 is 33.6 Å². The van der Waals surface area contributed by atoms with Crippen molar-refractivity contribution in [3.05, 3.63) is 47.5 Å². The molecule has 5 heteroatoms. The summed E-state index contributed by atoms with van der Waals surface area (Å²) in [6, 6.07) is 11.8. The predicted molar refractivity (Wildman–Crippen MR) is 94.3 cm³/mol. The normalized spacial score (nSPS) is 14.4. The third kappa shape index (κ3) is 1.91. The van der Waals surface area contributed by atoms with E-state index in [1.54, 1.807) is 6.07 Å². The number of benzene rings is 2. The molecule has 1 aliphatic heterocycles. The minimum Gasteiger partial charge on any atom is -0.343 e. The van der Waals surface area contributed by atoms with E-state index < -0.39 is 0 Å². The average Bonchev–Trinajstić information content (AvgIpc) is 2.99. The SMILES string of the molecule is CN(C)CCN1C(=O)c2ccc3c4ccccc4n(C)c3c2C1=O. The second kappa shape index (κ2) is 5.18. The van der Waals surface area contributed by atoms with Gasteiger partial charge >= 0.3 is 0 Å². The molecule has 1 aromatic heterocycles. The summed E-state index contributed by atoms with van der Waals surface area (Å²) in [5, 5.41) is 2.12. The van der Waals surface area contributed by atoms with E-state index in [1.165, 1.54) is 4.90 Å². The van der Waals surface area contributed by atoms with Gasteiger partial charge < -0.3 is 9.47 Å². The maximum Gasteiger partial charge on any atom is 0.263 e. The first kappa shape index (κ1) is 14.9. The number of aromatic nitrogens is 1. The number of fused-ring (bicyclic) bond motifs is 5. The van der Waals surface area contributed by atoms with E-state index in [-0.39, 0.29) is 11.8 Å². The van der Waals surface area contributed by atoms with Gasteiger partial charge in [-0.3, -0.25) is 14.5 Å². The van der Waals surface area contributed by atoms with E-state index >= 15 is 0 Å². The standard InChI is InChI=1S/C19H19N3O2/c1-20(2)10-11-22-18(23)14-9-8-13-12-6-4-5-7-15(12)21(3)17(13)16(14)19(22)24/h4-9H,10-11H2,1-3H3. The maximum atomic E-state index is 12.9. The molecule has 0 bridgehead atoms. The molecular formula is C19H19N3O2. The average molecular weight is 321 g/mol. The Labute approximate surface area is 140 Å². The highest BCUT2D eigenvalue weighted by Crippen LogP contribution is 2.35. The van der Waals surface area contributed by atoms with Gasteiger partial charge in [-0.25, -0.2) is 0 Å². The van der Waals surface area contributed by atoms with Crippen molar-refractivity contribution in [1.82, 2.24) is 14.4 Å². The van der Waals surface area contributed by atoms with E-state index in [9.17, 15) is 9.59 Å². The smallest absolute Gasteiger partial charge is 0.263 e. The zero-order chi connectivity index (χ0) is 17.0. The molecule has 24 heavy (non-hydrogen) atoms. The molecule has 0 radical (unpaired) electrons. The molecule has 0 unspecified atom stereocenters. The van der Waals surface area contributed by atoms with Crippen LogP contribution in [0.15, 0.2) is 36.4 Å². The lowest BCUT2D eigenvalue weighted by Crippen LogP contribution is -2.35. The Balaban J connectivity index is 1.94. The molecule has 0 spiro atoms. The van der Waals surface area contributed by atoms with Crippen molar-refractivity contribution in [3.63, 3.8) is 0 Å². The number of amides is 2.